The Kier molecular flexibility index (Phi) is 22.8. The molecule has 93 heavy (non-hydrogen) atoms. The Morgan fingerprint density at radius 1 is 0.419 bits per heavy atom. The molecule has 0 amide bonds. The Hall–Kier alpha value is -9.30. The summed E-state index contributed by atoms with van der Waals surface area (Å²) in [4.78, 5) is 41.5. The number of halogens is 3. The molecule has 9 aromatic carbocycles. The van der Waals surface area contributed by atoms with Crippen molar-refractivity contribution in [3.63, 3.8) is 0 Å². The highest BCUT2D eigenvalue weighted by Crippen LogP contribution is 2.45. The maximum Gasteiger partial charge on any atom is 0.206 e. The second kappa shape index (κ2) is 31.8. The van der Waals surface area contributed by atoms with Gasteiger partial charge in [0.15, 0.2) is 0 Å². The molecule has 6 N–H and O–H groups in total. The number of carbonyl (C=O) groups excluding carboxylic acids is 3. The molecule has 0 saturated heterocycles. The number of nitrogens with one attached hydrogen (secondary N) is 3. The standard InChI is InChI=1S/C25H22ClNO3S.2C25H22FNO3S/c1-2-27-13-14-30-18-10-7-16(8-11-18)23-20-12-9-17(28)15-22(20)31-25(23)24(29)19-5-3-4-6-21(19)26;1-2-27-13-14-30-20-10-5-16(6-11-20)23-21-12-9-19(28)15-22(21)31-25(23)24(29)17-3-7-18(26)8-4-17;1-2-27-13-14-30-18-10-7-16(8-11-18)23-20-12-9-17(28)15-22(20)31-25(23)24(29)19-5-3-4-6-21(19)26/h3*3-12,15,27-28H,2,13-14H2,1H3. The smallest absolute Gasteiger partial charge is 0.206 e. The van der Waals surface area contributed by atoms with E-state index in [0.29, 0.717) is 50.6 Å². The second-order valence-electron chi connectivity index (χ2n) is 21.1. The molecule has 0 fully saturated rings. The van der Waals surface area contributed by atoms with E-state index in [4.69, 9.17) is 25.8 Å². The summed E-state index contributed by atoms with van der Waals surface area (Å²) in [6.45, 7) is 12.9. The van der Waals surface area contributed by atoms with Crippen LogP contribution in [-0.4, -0.2) is 91.8 Å². The number of hydrogen-bond donors (Lipinski definition) is 6. The largest absolute Gasteiger partial charge is 0.508 e. The third kappa shape index (κ3) is 16.3. The zero-order valence-corrected chi connectivity index (χ0v) is 54.3. The van der Waals surface area contributed by atoms with Crippen LogP contribution in [-0.2, 0) is 0 Å². The molecule has 12 aromatic rings. The van der Waals surface area contributed by atoms with Gasteiger partial charge in [-0.05, 0) is 176 Å². The van der Waals surface area contributed by atoms with Crippen molar-refractivity contribution in [3.05, 3.63) is 248 Å². The van der Waals surface area contributed by atoms with Crippen molar-refractivity contribution in [3.8, 4) is 67.9 Å². The van der Waals surface area contributed by atoms with Gasteiger partial charge in [0, 0.05) is 77.7 Å². The number of ether oxygens (including phenoxy) is 3. The molecule has 0 aliphatic carbocycles. The van der Waals surface area contributed by atoms with E-state index in [-0.39, 0.29) is 46.0 Å². The average molecular weight is 1320 g/mol. The molecule has 0 atom stereocenters. The van der Waals surface area contributed by atoms with Crippen LogP contribution in [0, 0.1) is 11.6 Å². The Morgan fingerprint density at radius 3 is 1.13 bits per heavy atom. The van der Waals surface area contributed by atoms with Crippen LogP contribution in [0.5, 0.6) is 34.5 Å². The SMILES string of the molecule is CCNCCOc1ccc(-c2c(C(=O)c3ccc(F)cc3)sc3cc(O)ccc23)cc1.CCNCCOc1ccc(-c2c(C(=O)c3ccccc3Cl)sc3cc(O)ccc23)cc1.CCNCCOc1ccc(-c2c(C(=O)c3ccccc3F)sc3cc(O)ccc23)cc1. The first-order valence-electron chi connectivity index (χ1n) is 30.2. The first-order chi connectivity index (χ1) is 45.2. The fourth-order valence-electron chi connectivity index (χ4n) is 10.3. The Bertz CT molecular complexity index is 4360. The predicted molar refractivity (Wildman–Crippen MR) is 373 cm³/mol. The number of thiophene rings is 3. The Morgan fingerprint density at radius 2 is 0.763 bits per heavy atom. The van der Waals surface area contributed by atoms with E-state index in [1.54, 1.807) is 78.9 Å². The van der Waals surface area contributed by atoms with Gasteiger partial charge in [0.1, 0.15) is 66.0 Å². The zero-order chi connectivity index (χ0) is 65.4. The second-order valence-corrected chi connectivity index (χ2v) is 24.7. The maximum absolute atomic E-state index is 14.3. The molecule has 3 heterocycles. The van der Waals surface area contributed by atoms with Crippen LogP contribution in [0.3, 0.4) is 0 Å². The lowest BCUT2D eigenvalue weighted by Gasteiger charge is -2.09. The minimum atomic E-state index is -0.553. The van der Waals surface area contributed by atoms with Gasteiger partial charge in [-0.1, -0.05) is 93.0 Å². The van der Waals surface area contributed by atoms with Crippen LogP contribution in [0.25, 0.3) is 63.6 Å². The number of likely N-dealkylation sites (N-methyl/N-ethyl adjacent to an activating group) is 3. The van der Waals surface area contributed by atoms with Gasteiger partial charge in [-0.2, -0.15) is 0 Å². The molecular formula is C75H66ClF2N3O9S3. The minimum Gasteiger partial charge on any atom is -0.508 e. The van der Waals surface area contributed by atoms with Gasteiger partial charge in [0.2, 0.25) is 17.3 Å². The summed E-state index contributed by atoms with van der Waals surface area (Å²) in [7, 11) is 0. The molecule has 3 aromatic heterocycles. The summed E-state index contributed by atoms with van der Waals surface area (Å²) < 4.78 is 47.3. The van der Waals surface area contributed by atoms with Crippen LogP contribution in [0.15, 0.2) is 200 Å². The van der Waals surface area contributed by atoms with Gasteiger partial charge in [0.25, 0.3) is 0 Å². The highest BCUT2D eigenvalue weighted by molar-refractivity contribution is 7.22. The van der Waals surface area contributed by atoms with E-state index in [1.165, 1.54) is 70.4 Å². The fraction of sp³-hybridized carbons (Fsp3) is 0.160. The predicted octanol–water partition coefficient (Wildman–Crippen LogP) is 17.4. The third-order valence-corrected chi connectivity index (χ3v) is 18.6. The van der Waals surface area contributed by atoms with Crippen molar-refractivity contribution in [2.75, 3.05) is 59.1 Å². The number of hydrogen-bond acceptors (Lipinski definition) is 15. The number of phenolic OH excluding ortho intramolecular Hbond substituents is 3. The first kappa shape index (κ1) is 66.6. The summed E-state index contributed by atoms with van der Waals surface area (Å²) in [5, 5.41) is 42.4. The summed E-state index contributed by atoms with van der Waals surface area (Å²) >= 11 is 10.2. The van der Waals surface area contributed by atoms with Gasteiger partial charge >= 0.3 is 0 Å². The highest BCUT2D eigenvalue weighted by Gasteiger charge is 2.26. The summed E-state index contributed by atoms with van der Waals surface area (Å²) in [5.74, 6) is 1.07. The lowest BCUT2D eigenvalue weighted by molar-refractivity contribution is 0.103. The van der Waals surface area contributed by atoms with Crippen LogP contribution >= 0.6 is 45.6 Å². The van der Waals surface area contributed by atoms with E-state index in [1.807, 2.05) is 98.8 Å². The Labute approximate surface area is 554 Å². The fourth-order valence-corrected chi connectivity index (χ4v) is 14.1. The molecule has 0 spiro atoms. The monoisotopic (exact) mass is 1320 g/mol. The van der Waals surface area contributed by atoms with E-state index in [0.717, 1.165) is 120 Å². The number of fused-ring (bicyclic) bond motifs is 3. The van der Waals surface area contributed by atoms with Crippen molar-refractivity contribution < 1.29 is 52.7 Å². The van der Waals surface area contributed by atoms with Crippen LogP contribution in [0.2, 0.25) is 5.02 Å². The van der Waals surface area contributed by atoms with E-state index in [2.05, 4.69) is 22.9 Å². The molecular weight excluding hydrogens is 1260 g/mol. The number of phenols is 3. The van der Waals surface area contributed by atoms with Crippen molar-refractivity contribution in [1.29, 1.82) is 0 Å². The lowest BCUT2D eigenvalue weighted by atomic mass is 9.98. The van der Waals surface area contributed by atoms with Crippen LogP contribution in [0.4, 0.5) is 8.78 Å². The van der Waals surface area contributed by atoms with Gasteiger partial charge in [0.05, 0.1) is 25.2 Å². The van der Waals surface area contributed by atoms with Crippen molar-refractivity contribution in [2.45, 2.75) is 20.8 Å². The van der Waals surface area contributed by atoms with Crippen molar-refractivity contribution in [1.82, 2.24) is 16.0 Å². The quantitative estimate of drug-likeness (QED) is 0.0250. The van der Waals surface area contributed by atoms with Gasteiger partial charge in [-0.3, -0.25) is 14.4 Å². The summed E-state index contributed by atoms with van der Waals surface area (Å²) in [5.41, 5.74) is 5.89. The maximum atomic E-state index is 14.3. The molecule has 0 unspecified atom stereocenters. The van der Waals surface area contributed by atoms with Gasteiger partial charge < -0.3 is 45.5 Å². The molecule has 18 heteroatoms. The number of aromatic hydroxyl groups is 3. The number of carbonyl (C=O) groups is 3. The average Bonchev–Trinajstić information content (AvgIpc) is 1.66. The number of benzene rings is 9. The molecule has 0 saturated carbocycles. The number of ketones is 3. The summed E-state index contributed by atoms with van der Waals surface area (Å²) in [6.07, 6.45) is 0. The van der Waals surface area contributed by atoms with Gasteiger partial charge in [-0.25, -0.2) is 8.78 Å². The van der Waals surface area contributed by atoms with Gasteiger partial charge in [-0.15, -0.1) is 34.0 Å². The topological polar surface area (TPSA) is 176 Å². The van der Waals surface area contributed by atoms with Crippen LogP contribution < -0.4 is 30.2 Å². The molecule has 0 aliphatic rings. The Balaban J connectivity index is 0.000000153. The summed E-state index contributed by atoms with van der Waals surface area (Å²) in [6, 6.07) is 56.7. The molecule has 12 rings (SSSR count). The molecule has 12 nitrogen and oxygen atoms in total. The number of rotatable bonds is 24. The van der Waals surface area contributed by atoms with E-state index >= 15 is 0 Å². The van der Waals surface area contributed by atoms with Crippen molar-refractivity contribution >= 4 is 93.2 Å². The van der Waals surface area contributed by atoms with Crippen LogP contribution in [0.1, 0.15) is 66.5 Å². The first-order valence-corrected chi connectivity index (χ1v) is 33.0. The minimum absolute atomic E-state index is 0.0305. The van der Waals surface area contributed by atoms with Crippen molar-refractivity contribution in [2.24, 2.45) is 0 Å². The molecule has 0 bridgehead atoms. The molecule has 474 valence electrons. The van der Waals surface area contributed by atoms with E-state index < -0.39 is 5.82 Å². The van der Waals surface area contributed by atoms with E-state index in [9.17, 15) is 38.5 Å². The normalized spacial score (nSPS) is 11.0. The lowest BCUT2D eigenvalue weighted by Crippen LogP contribution is -2.20. The molecule has 0 radical (unpaired) electrons. The third-order valence-electron chi connectivity index (χ3n) is 14.8. The molecule has 0 aliphatic heterocycles. The highest BCUT2D eigenvalue weighted by atomic mass is 35.5. The zero-order valence-electron chi connectivity index (χ0n) is 51.1.